The van der Waals surface area contributed by atoms with Gasteiger partial charge in [-0.05, 0) is 19.4 Å². The predicted molar refractivity (Wildman–Crippen MR) is 68.9 cm³/mol. The van der Waals surface area contributed by atoms with E-state index < -0.39 is 0 Å². The summed E-state index contributed by atoms with van der Waals surface area (Å²) in [4.78, 5) is 0. The van der Waals surface area contributed by atoms with Gasteiger partial charge >= 0.3 is 0 Å². The fourth-order valence-electron chi connectivity index (χ4n) is 1.98. The molecule has 1 atom stereocenters. The summed E-state index contributed by atoms with van der Waals surface area (Å²) in [5.41, 5.74) is 1.15. The maximum atomic E-state index is 6.22. The van der Waals surface area contributed by atoms with E-state index in [4.69, 9.17) is 11.6 Å². The van der Waals surface area contributed by atoms with Crippen molar-refractivity contribution in [3.8, 4) is 0 Å². The average molecular weight is 244 g/mol. The van der Waals surface area contributed by atoms with Gasteiger partial charge in [-0.1, -0.05) is 38.8 Å². The third kappa shape index (κ3) is 3.22. The van der Waals surface area contributed by atoms with Gasteiger partial charge in [0.15, 0.2) is 0 Å². The molecule has 0 aromatic carbocycles. The Bertz CT molecular complexity index is 303. The van der Waals surface area contributed by atoms with Crippen LogP contribution >= 0.6 is 11.6 Å². The number of rotatable bonds is 7. The van der Waals surface area contributed by atoms with Gasteiger partial charge in [-0.25, -0.2) is 0 Å². The standard InChI is InChI=1S/C12H22ClN3/c1-4-7-11(14-6-3)12-10(13)9-15-16(12)8-5-2/h9,11,14H,4-8H2,1-3H3. The molecule has 0 saturated carbocycles. The van der Waals surface area contributed by atoms with E-state index in [9.17, 15) is 0 Å². The molecule has 0 aliphatic rings. The van der Waals surface area contributed by atoms with Crippen LogP contribution in [0.4, 0.5) is 0 Å². The minimum Gasteiger partial charge on any atom is -0.309 e. The lowest BCUT2D eigenvalue weighted by atomic mass is 10.1. The maximum Gasteiger partial charge on any atom is 0.0834 e. The van der Waals surface area contributed by atoms with E-state index in [1.165, 1.54) is 0 Å². The zero-order valence-electron chi connectivity index (χ0n) is 10.5. The highest BCUT2D eigenvalue weighted by atomic mass is 35.5. The molecule has 1 aromatic heterocycles. The second-order valence-corrected chi connectivity index (χ2v) is 4.41. The zero-order valence-corrected chi connectivity index (χ0v) is 11.2. The highest BCUT2D eigenvalue weighted by Crippen LogP contribution is 2.26. The lowest BCUT2D eigenvalue weighted by Gasteiger charge is -2.19. The van der Waals surface area contributed by atoms with Crippen molar-refractivity contribution in [2.45, 2.75) is 52.6 Å². The molecule has 1 N–H and O–H groups in total. The van der Waals surface area contributed by atoms with Crippen molar-refractivity contribution in [1.82, 2.24) is 15.1 Å². The molecule has 0 saturated heterocycles. The van der Waals surface area contributed by atoms with Crippen LogP contribution in [0, 0.1) is 0 Å². The van der Waals surface area contributed by atoms with E-state index in [2.05, 4.69) is 31.2 Å². The summed E-state index contributed by atoms with van der Waals surface area (Å²) in [5.74, 6) is 0. The average Bonchev–Trinajstić information content (AvgIpc) is 2.60. The zero-order chi connectivity index (χ0) is 12.0. The molecule has 0 radical (unpaired) electrons. The molecule has 4 heteroatoms. The van der Waals surface area contributed by atoms with Crippen molar-refractivity contribution >= 4 is 11.6 Å². The van der Waals surface area contributed by atoms with Gasteiger partial charge < -0.3 is 5.32 Å². The van der Waals surface area contributed by atoms with Crippen molar-refractivity contribution in [2.75, 3.05) is 6.54 Å². The van der Waals surface area contributed by atoms with Gasteiger partial charge in [0.25, 0.3) is 0 Å². The third-order valence-electron chi connectivity index (χ3n) is 2.63. The first-order chi connectivity index (χ1) is 7.74. The van der Waals surface area contributed by atoms with E-state index >= 15 is 0 Å². The van der Waals surface area contributed by atoms with E-state index in [0.29, 0.717) is 6.04 Å². The van der Waals surface area contributed by atoms with Gasteiger partial charge in [0.05, 0.1) is 23.0 Å². The SMILES string of the molecule is CCCC(NCC)c1c(Cl)cnn1CCC. The topological polar surface area (TPSA) is 29.9 Å². The van der Waals surface area contributed by atoms with Gasteiger partial charge in [0.1, 0.15) is 0 Å². The van der Waals surface area contributed by atoms with E-state index in [-0.39, 0.29) is 0 Å². The van der Waals surface area contributed by atoms with Gasteiger partial charge in [-0.15, -0.1) is 0 Å². The summed E-state index contributed by atoms with van der Waals surface area (Å²) in [6.45, 7) is 8.36. The first-order valence-corrected chi connectivity index (χ1v) is 6.56. The van der Waals surface area contributed by atoms with Crippen LogP contribution < -0.4 is 5.32 Å². The summed E-state index contributed by atoms with van der Waals surface area (Å²) >= 11 is 6.22. The largest absolute Gasteiger partial charge is 0.309 e. The number of nitrogens with zero attached hydrogens (tertiary/aromatic N) is 2. The predicted octanol–water partition coefficient (Wildman–Crippen LogP) is 3.40. The van der Waals surface area contributed by atoms with Crippen LogP contribution in [-0.2, 0) is 6.54 Å². The van der Waals surface area contributed by atoms with Gasteiger partial charge in [0, 0.05) is 6.54 Å². The molecule has 1 heterocycles. The number of halogens is 1. The Balaban J connectivity index is 2.91. The number of hydrogen-bond acceptors (Lipinski definition) is 2. The number of hydrogen-bond donors (Lipinski definition) is 1. The second kappa shape index (κ2) is 6.92. The van der Waals surface area contributed by atoms with E-state index in [0.717, 1.165) is 43.1 Å². The molecule has 92 valence electrons. The van der Waals surface area contributed by atoms with Crippen molar-refractivity contribution in [2.24, 2.45) is 0 Å². The molecule has 0 aliphatic carbocycles. The number of aromatic nitrogens is 2. The molecule has 16 heavy (non-hydrogen) atoms. The Hall–Kier alpha value is -0.540. The van der Waals surface area contributed by atoms with E-state index in [1.807, 2.05) is 4.68 Å². The molecule has 0 aliphatic heterocycles. The van der Waals surface area contributed by atoms with Crippen molar-refractivity contribution in [3.63, 3.8) is 0 Å². The second-order valence-electron chi connectivity index (χ2n) is 4.00. The minimum absolute atomic E-state index is 0.330. The normalized spacial score (nSPS) is 13.0. The van der Waals surface area contributed by atoms with Crippen LogP contribution in [0.3, 0.4) is 0 Å². The number of nitrogens with one attached hydrogen (secondary N) is 1. The molecule has 1 unspecified atom stereocenters. The molecular formula is C12H22ClN3. The molecule has 0 amide bonds. The molecule has 0 spiro atoms. The lowest BCUT2D eigenvalue weighted by molar-refractivity contribution is 0.454. The lowest BCUT2D eigenvalue weighted by Crippen LogP contribution is -2.24. The van der Waals surface area contributed by atoms with Crippen LogP contribution in [-0.4, -0.2) is 16.3 Å². The number of aryl methyl sites for hydroxylation is 1. The highest BCUT2D eigenvalue weighted by Gasteiger charge is 2.18. The first-order valence-electron chi connectivity index (χ1n) is 6.19. The first kappa shape index (κ1) is 13.5. The third-order valence-corrected chi connectivity index (χ3v) is 2.92. The Morgan fingerprint density at radius 1 is 1.38 bits per heavy atom. The van der Waals surface area contributed by atoms with E-state index in [1.54, 1.807) is 6.20 Å². The fraction of sp³-hybridized carbons (Fsp3) is 0.750. The van der Waals surface area contributed by atoms with Crippen LogP contribution in [0.2, 0.25) is 5.02 Å². The van der Waals surface area contributed by atoms with Crippen molar-refractivity contribution < 1.29 is 0 Å². The monoisotopic (exact) mass is 243 g/mol. The molecule has 1 rings (SSSR count). The van der Waals surface area contributed by atoms with Gasteiger partial charge in [-0.3, -0.25) is 4.68 Å². The van der Waals surface area contributed by atoms with Crippen LogP contribution in [0.1, 0.15) is 51.8 Å². The maximum absolute atomic E-state index is 6.22. The van der Waals surface area contributed by atoms with Crippen molar-refractivity contribution in [1.29, 1.82) is 0 Å². The Labute approximate surface area is 103 Å². The summed E-state index contributed by atoms with van der Waals surface area (Å²) in [7, 11) is 0. The summed E-state index contributed by atoms with van der Waals surface area (Å²) in [5, 5.41) is 8.60. The minimum atomic E-state index is 0.330. The Morgan fingerprint density at radius 2 is 2.12 bits per heavy atom. The smallest absolute Gasteiger partial charge is 0.0834 e. The summed E-state index contributed by atoms with van der Waals surface area (Å²) in [6, 6.07) is 0.330. The van der Waals surface area contributed by atoms with Crippen LogP contribution in [0.25, 0.3) is 0 Å². The molecular weight excluding hydrogens is 222 g/mol. The summed E-state index contributed by atoms with van der Waals surface area (Å²) in [6.07, 6.45) is 5.08. The van der Waals surface area contributed by atoms with Gasteiger partial charge in [-0.2, -0.15) is 5.10 Å². The highest BCUT2D eigenvalue weighted by molar-refractivity contribution is 6.31. The molecule has 3 nitrogen and oxygen atoms in total. The van der Waals surface area contributed by atoms with Gasteiger partial charge in [0.2, 0.25) is 0 Å². The fourth-order valence-corrected chi connectivity index (χ4v) is 2.25. The molecule has 1 aromatic rings. The van der Waals surface area contributed by atoms with Crippen molar-refractivity contribution in [3.05, 3.63) is 16.9 Å². The van der Waals surface area contributed by atoms with Crippen LogP contribution in [0.5, 0.6) is 0 Å². The molecule has 0 bridgehead atoms. The van der Waals surface area contributed by atoms with Crippen LogP contribution in [0.15, 0.2) is 6.20 Å². The molecule has 0 fully saturated rings. The quantitative estimate of drug-likeness (QED) is 0.796. The summed E-state index contributed by atoms with van der Waals surface area (Å²) < 4.78 is 2.03. The Kier molecular flexibility index (Phi) is 5.85. The Morgan fingerprint density at radius 3 is 2.69 bits per heavy atom.